The molecule has 4 bridgehead atoms. The van der Waals surface area contributed by atoms with Gasteiger partial charge in [-0.15, -0.1) is 0 Å². The van der Waals surface area contributed by atoms with Crippen molar-refractivity contribution in [3.8, 4) is 0 Å². The van der Waals surface area contributed by atoms with Crippen LogP contribution in [0.5, 0.6) is 0 Å². The van der Waals surface area contributed by atoms with Crippen LogP contribution in [0.1, 0.15) is 97.8 Å². The van der Waals surface area contributed by atoms with Gasteiger partial charge in [0.1, 0.15) is 5.76 Å². The topological polar surface area (TPSA) is 74.2 Å². The monoisotopic (exact) mass is 504 g/mol. The average Bonchev–Trinajstić information content (AvgIpc) is 2.77. The summed E-state index contributed by atoms with van der Waals surface area (Å²) in [5.74, 6) is 1.17. The van der Waals surface area contributed by atoms with E-state index in [2.05, 4.69) is 13.8 Å². The number of carbonyl (C=O) groups is 1. The molecule has 0 aromatic rings. The van der Waals surface area contributed by atoms with Gasteiger partial charge in [0.15, 0.2) is 0 Å². The number of hydrogen-bond acceptors (Lipinski definition) is 5. The van der Waals surface area contributed by atoms with Crippen LogP contribution in [0.15, 0.2) is 11.3 Å². The fraction of sp³-hybridized carbons (Fsp3) is 0.900. The minimum Gasteiger partial charge on any atom is -0.497 e. The second kappa shape index (κ2) is 10.2. The molecule has 0 aromatic carbocycles. The summed E-state index contributed by atoms with van der Waals surface area (Å²) in [5, 5.41) is 9.97. The highest BCUT2D eigenvalue weighted by atomic mass is 16.5. The summed E-state index contributed by atoms with van der Waals surface area (Å²) in [6, 6.07) is 0. The lowest BCUT2D eigenvalue weighted by Crippen LogP contribution is -2.58. The first-order chi connectivity index (χ1) is 17.1. The van der Waals surface area contributed by atoms with Crippen LogP contribution in [0.25, 0.3) is 0 Å². The molecule has 6 fully saturated rings. The summed E-state index contributed by atoms with van der Waals surface area (Å²) in [6.45, 7) is 11.3. The molecule has 1 N–H and O–H groups in total. The van der Waals surface area contributed by atoms with Crippen LogP contribution in [0, 0.1) is 28.1 Å². The SMILES string of the molecule is CC(C(=O)O)=C(OCCCCC1(C)COC1)C12CC3CC(CC(OCCCCC4(C)COC4)(C3)C1)C2. The molecule has 4 aliphatic carbocycles. The molecule has 4 saturated carbocycles. The standard InChI is InChI=1S/C30H48O6/c1-22(26(31)32)25(35-10-6-4-8-27(2)18-33-19-27)29-13-23-12-24(14-29)16-30(15-23,17-29)36-11-7-5-9-28(3)20-34-21-28/h23-24H,4-21H2,1-3H3,(H,31,32). The van der Waals surface area contributed by atoms with Gasteiger partial charge in [0.05, 0.1) is 44.2 Å². The van der Waals surface area contributed by atoms with Gasteiger partial charge in [0, 0.05) is 22.9 Å². The van der Waals surface area contributed by atoms with Crippen molar-refractivity contribution in [1.29, 1.82) is 0 Å². The summed E-state index contributed by atoms with van der Waals surface area (Å²) in [4.78, 5) is 12.1. The molecule has 6 rings (SSSR count). The van der Waals surface area contributed by atoms with Crippen LogP contribution in [-0.2, 0) is 23.7 Å². The van der Waals surface area contributed by atoms with Gasteiger partial charge < -0.3 is 24.1 Å². The van der Waals surface area contributed by atoms with Crippen molar-refractivity contribution in [3.63, 3.8) is 0 Å². The largest absolute Gasteiger partial charge is 0.497 e. The lowest BCUT2D eigenvalue weighted by molar-refractivity contribution is -0.193. The van der Waals surface area contributed by atoms with Crippen LogP contribution in [-0.4, -0.2) is 56.3 Å². The number of unbranched alkanes of at least 4 members (excludes halogenated alkanes) is 2. The number of rotatable bonds is 14. The number of hydrogen-bond donors (Lipinski definition) is 1. The quantitative estimate of drug-likeness (QED) is 0.174. The number of carboxylic acid groups (broad SMARTS) is 1. The Morgan fingerprint density at radius 3 is 1.92 bits per heavy atom. The maximum absolute atomic E-state index is 12.1. The maximum Gasteiger partial charge on any atom is 0.334 e. The smallest absolute Gasteiger partial charge is 0.334 e. The average molecular weight is 505 g/mol. The Morgan fingerprint density at radius 2 is 1.42 bits per heavy atom. The zero-order valence-electron chi connectivity index (χ0n) is 22.9. The van der Waals surface area contributed by atoms with Gasteiger partial charge in [-0.2, -0.15) is 0 Å². The van der Waals surface area contributed by atoms with Crippen molar-refractivity contribution < 1.29 is 28.8 Å². The molecule has 6 nitrogen and oxygen atoms in total. The second-order valence-corrected chi connectivity index (χ2v) is 13.9. The molecule has 0 radical (unpaired) electrons. The normalized spacial score (nSPS) is 36.1. The van der Waals surface area contributed by atoms with E-state index in [0.717, 1.165) is 96.6 Å². The highest BCUT2D eigenvalue weighted by Gasteiger charge is 2.60. The third kappa shape index (κ3) is 5.51. The highest BCUT2D eigenvalue weighted by molar-refractivity contribution is 5.86. The van der Waals surface area contributed by atoms with Crippen LogP contribution in [0.3, 0.4) is 0 Å². The molecule has 2 atom stereocenters. The Kier molecular flexibility index (Phi) is 7.52. The Labute approximate surface area is 217 Å². The number of allylic oxidation sites excluding steroid dienone is 1. The van der Waals surface area contributed by atoms with E-state index >= 15 is 0 Å². The van der Waals surface area contributed by atoms with Crippen LogP contribution < -0.4 is 0 Å². The first-order valence-electron chi connectivity index (χ1n) is 14.5. The zero-order valence-corrected chi connectivity index (χ0v) is 22.9. The van der Waals surface area contributed by atoms with E-state index in [1.807, 2.05) is 0 Å². The van der Waals surface area contributed by atoms with E-state index < -0.39 is 5.97 Å². The van der Waals surface area contributed by atoms with E-state index in [0.29, 0.717) is 34.8 Å². The first-order valence-corrected chi connectivity index (χ1v) is 14.5. The summed E-state index contributed by atoms with van der Waals surface area (Å²) in [6.07, 6.45) is 13.3. The minimum absolute atomic E-state index is 0.0974. The lowest BCUT2D eigenvalue weighted by Gasteiger charge is -2.62. The third-order valence-electron chi connectivity index (χ3n) is 9.96. The van der Waals surface area contributed by atoms with Gasteiger partial charge in [0.2, 0.25) is 0 Å². The summed E-state index contributed by atoms with van der Waals surface area (Å²) in [7, 11) is 0. The molecular formula is C30H48O6. The Hall–Kier alpha value is -1.11. The van der Waals surface area contributed by atoms with Gasteiger partial charge in [0.25, 0.3) is 0 Å². The van der Waals surface area contributed by atoms with Crippen molar-refractivity contribution in [2.24, 2.45) is 28.1 Å². The van der Waals surface area contributed by atoms with E-state index in [1.165, 1.54) is 19.3 Å². The Balaban J connectivity index is 1.20. The molecule has 6 heteroatoms. The van der Waals surface area contributed by atoms with E-state index in [9.17, 15) is 9.90 Å². The predicted molar refractivity (Wildman–Crippen MR) is 138 cm³/mol. The summed E-state index contributed by atoms with van der Waals surface area (Å²) < 4.78 is 24.0. The summed E-state index contributed by atoms with van der Waals surface area (Å²) >= 11 is 0. The molecule has 0 aromatic heterocycles. The van der Waals surface area contributed by atoms with E-state index in [-0.39, 0.29) is 11.0 Å². The van der Waals surface area contributed by atoms with Gasteiger partial charge in [-0.25, -0.2) is 4.79 Å². The van der Waals surface area contributed by atoms with Gasteiger partial charge in [-0.3, -0.25) is 0 Å². The predicted octanol–water partition coefficient (Wildman–Crippen LogP) is 6.13. The fourth-order valence-corrected chi connectivity index (χ4v) is 8.33. The van der Waals surface area contributed by atoms with Crippen LogP contribution >= 0.6 is 0 Å². The highest BCUT2D eigenvalue weighted by Crippen LogP contribution is 2.65. The molecule has 2 aliphatic heterocycles. The molecule has 36 heavy (non-hydrogen) atoms. The van der Waals surface area contributed by atoms with Crippen molar-refractivity contribution in [1.82, 2.24) is 0 Å². The molecule has 2 saturated heterocycles. The zero-order chi connectivity index (χ0) is 25.4. The number of aliphatic carboxylic acids is 1. The van der Waals surface area contributed by atoms with Gasteiger partial charge >= 0.3 is 5.97 Å². The number of carboxylic acids is 1. The molecule has 0 amide bonds. The van der Waals surface area contributed by atoms with Crippen molar-refractivity contribution in [2.45, 2.75) is 103 Å². The first kappa shape index (κ1) is 26.5. The van der Waals surface area contributed by atoms with Crippen LogP contribution in [0.2, 0.25) is 0 Å². The van der Waals surface area contributed by atoms with Crippen molar-refractivity contribution in [3.05, 3.63) is 11.3 Å². The number of ether oxygens (including phenoxy) is 4. The second-order valence-electron chi connectivity index (χ2n) is 13.9. The van der Waals surface area contributed by atoms with Gasteiger partial charge in [-0.1, -0.05) is 20.3 Å². The Bertz CT molecular complexity index is 824. The molecule has 6 aliphatic rings. The fourth-order valence-electron chi connectivity index (χ4n) is 8.33. The maximum atomic E-state index is 12.1. The molecular weight excluding hydrogens is 456 g/mol. The van der Waals surface area contributed by atoms with Crippen molar-refractivity contribution in [2.75, 3.05) is 39.6 Å². The molecule has 0 spiro atoms. The van der Waals surface area contributed by atoms with Gasteiger partial charge in [-0.05, 0) is 89.4 Å². The minimum atomic E-state index is -0.844. The molecule has 2 heterocycles. The Morgan fingerprint density at radius 1 is 0.861 bits per heavy atom. The van der Waals surface area contributed by atoms with Crippen molar-refractivity contribution >= 4 is 5.97 Å². The van der Waals surface area contributed by atoms with E-state index in [1.54, 1.807) is 6.92 Å². The third-order valence-corrected chi connectivity index (χ3v) is 9.96. The van der Waals surface area contributed by atoms with E-state index in [4.69, 9.17) is 18.9 Å². The lowest BCUT2D eigenvalue weighted by atomic mass is 9.47. The van der Waals surface area contributed by atoms with Crippen LogP contribution in [0.4, 0.5) is 0 Å². The molecule has 204 valence electrons. The summed E-state index contributed by atoms with van der Waals surface area (Å²) in [5.41, 5.74) is 0.835. The molecule has 2 unspecified atom stereocenters.